The van der Waals surface area contributed by atoms with E-state index in [2.05, 4.69) is 29.1 Å². The van der Waals surface area contributed by atoms with Crippen LogP contribution in [-0.2, 0) is 0 Å². The van der Waals surface area contributed by atoms with Gasteiger partial charge in [0, 0.05) is 36.3 Å². The first-order valence-electron chi connectivity index (χ1n) is 11.2. The van der Waals surface area contributed by atoms with Crippen molar-refractivity contribution in [2.75, 3.05) is 18.4 Å². The fourth-order valence-corrected chi connectivity index (χ4v) is 3.48. The molecule has 0 spiro atoms. The van der Waals surface area contributed by atoms with Crippen LogP contribution in [-0.4, -0.2) is 39.6 Å². The van der Waals surface area contributed by atoms with Crippen molar-refractivity contribution >= 4 is 34.4 Å². The molecule has 0 aliphatic heterocycles. The van der Waals surface area contributed by atoms with Crippen molar-refractivity contribution in [3.63, 3.8) is 0 Å². The van der Waals surface area contributed by atoms with Crippen LogP contribution >= 0.6 is 0 Å². The van der Waals surface area contributed by atoms with E-state index < -0.39 is 0 Å². The number of aromatic nitrogens is 2. The minimum absolute atomic E-state index is 0.0732. The number of rotatable bonds is 11. The number of Topliss-reactive ketones (excluding diaryl/α,β-unsaturated/α-hetero) is 1. The predicted octanol–water partition coefficient (Wildman–Crippen LogP) is 5.94. The molecule has 6 heteroatoms. The molecule has 0 atom stereocenters. The van der Waals surface area contributed by atoms with Gasteiger partial charge in [-0.2, -0.15) is 0 Å². The molecule has 1 heterocycles. The van der Waals surface area contributed by atoms with Crippen LogP contribution in [0, 0.1) is 0 Å². The summed E-state index contributed by atoms with van der Waals surface area (Å²) in [5.41, 5.74) is 3.84. The van der Waals surface area contributed by atoms with E-state index >= 15 is 0 Å². The molecule has 3 rings (SSSR count). The number of imidazole rings is 1. The summed E-state index contributed by atoms with van der Waals surface area (Å²) in [6, 6.07) is 13.0. The third kappa shape index (κ3) is 5.72. The van der Waals surface area contributed by atoms with Crippen LogP contribution in [0.5, 0.6) is 0 Å². The number of ketones is 1. The molecule has 0 aliphatic carbocycles. The zero-order valence-corrected chi connectivity index (χ0v) is 18.7. The van der Waals surface area contributed by atoms with Gasteiger partial charge in [-0.1, -0.05) is 33.6 Å². The highest BCUT2D eigenvalue weighted by Crippen LogP contribution is 2.21. The summed E-state index contributed by atoms with van der Waals surface area (Å²) in [4.78, 5) is 34.6. The molecule has 2 N–H and O–H groups in total. The van der Waals surface area contributed by atoms with Crippen molar-refractivity contribution in [2.24, 2.45) is 0 Å². The van der Waals surface area contributed by atoms with Gasteiger partial charge in [0.1, 0.15) is 0 Å². The van der Waals surface area contributed by atoms with Crippen LogP contribution in [0.1, 0.15) is 73.6 Å². The largest absolute Gasteiger partial charge is 0.339 e. The molecule has 1 aromatic heterocycles. The molecular weight excluding hydrogens is 388 g/mol. The molecule has 2 aromatic carbocycles. The maximum Gasteiger partial charge on any atom is 0.253 e. The number of nitrogens with one attached hydrogen (secondary N) is 2. The van der Waals surface area contributed by atoms with Gasteiger partial charge in [0.25, 0.3) is 5.91 Å². The number of anilines is 2. The Hall–Kier alpha value is -3.15. The monoisotopic (exact) mass is 420 g/mol. The van der Waals surface area contributed by atoms with Crippen LogP contribution in [0.15, 0.2) is 42.5 Å². The SMILES string of the molecule is CCCCN(CCCC)C(=O)c1ccc2nc(Nc3ccc(C(=O)CC)cc3)[nH]c2c1. The number of H-pyrrole nitrogens is 1. The summed E-state index contributed by atoms with van der Waals surface area (Å²) in [6.45, 7) is 7.72. The summed E-state index contributed by atoms with van der Waals surface area (Å²) < 4.78 is 0. The van der Waals surface area contributed by atoms with E-state index in [1.165, 1.54) is 0 Å². The lowest BCUT2D eigenvalue weighted by molar-refractivity contribution is 0.0751. The number of nitrogens with zero attached hydrogens (tertiary/aromatic N) is 2. The first kappa shape index (κ1) is 22.5. The molecule has 0 fully saturated rings. The van der Waals surface area contributed by atoms with Gasteiger partial charge in [0.15, 0.2) is 5.78 Å². The Morgan fingerprint density at radius 3 is 2.19 bits per heavy atom. The topological polar surface area (TPSA) is 78.1 Å². The Morgan fingerprint density at radius 2 is 1.58 bits per heavy atom. The lowest BCUT2D eigenvalue weighted by atomic mass is 10.1. The standard InChI is InChI=1S/C25H32N4O2/c1-4-7-15-29(16-8-5-2)24(31)19-11-14-21-22(17-19)28-25(27-21)26-20-12-9-18(10-13-20)23(30)6-3/h9-14,17H,4-8,15-16H2,1-3H3,(H2,26,27,28). The second-order valence-corrected chi connectivity index (χ2v) is 7.80. The third-order valence-electron chi connectivity index (χ3n) is 5.37. The van der Waals surface area contributed by atoms with Crippen molar-refractivity contribution in [2.45, 2.75) is 52.9 Å². The summed E-state index contributed by atoms with van der Waals surface area (Å²) >= 11 is 0. The number of aromatic amines is 1. The van der Waals surface area contributed by atoms with Gasteiger partial charge in [0.2, 0.25) is 5.95 Å². The normalized spacial score (nSPS) is 10.9. The number of carbonyl (C=O) groups excluding carboxylic acids is 2. The van der Waals surface area contributed by atoms with Gasteiger partial charge in [-0.3, -0.25) is 9.59 Å². The van der Waals surface area contributed by atoms with Crippen LogP contribution in [0.3, 0.4) is 0 Å². The van der Waals surface area contributed by atoms with E-state index in [9.17, 15) is 9.59 Å². The maximum absolute atomic E-state index is 13.1. The Bertz CT molecular complexity index is 1020. The first-order chi connectivity index (χ1) is 15.0. The third-order valence-corrected chi connectivity index (χ3v) is 5.37. The Balaban J connectivity index is 1.76. The Labute approximate surface area is 184 Å². The molecule has 0 aliphatic rings. The maximum atomic E-state index is 13.1. The molecule has 164 valence electrons. The number of hydrogen-bond acceptors (Lipinski definition) is 4. The van der Waals surface area contributed by atoms with E-state index in [4.69, 9.17) is 0 Å². The first-order valence-corrected chi connectivity index (χ1v) is 11.2. The molecule has 31 heavy (non-hydrogen) atoms. The predicted molar refractivity (Wildman–Crippen MR) is 126 cm³/mol. The fraction of sp³-hybridized carbons (Fsp3) is 0.400. The van der Waals surface area contributed by atoms with Crippen molar-refractivity contribution < 1.29 is 9.59 Å². The van der Waals surface area contributed by atoms with Crippen LogP contribution in [0.25, 0.3) is 11.0 Å². The highest BCUT2D eigenvalue weighted by molar-refractivity contribution is 5.98. The van der Waals surface area contributed by atoms with E-state index in [0.717, 1.165) is 55.5 Å². The van der Waals surface area contributed by atoms with Crippen molar-refractivity contribution in [3.05, 3.63) is 53.6 Å². The zero-order chi connectivity index (χ0) is 22.2. The van der Waals surface area contributed by atoms with Gasteiger partial charge < -0.3 is 15.2 Å². The molecule has 0 saturated heterocycles. The molecule has 0 bridgehead atoms. The van der Waals surface area contributed by atoms with Gasteiger partial charge in [-0.05, 0) is 55.3 Å². The summed E-state index contributed by atoms with van der Waals surface area (Å²) in [7, 11) is 0. The number of benzene rings is 2. The number of fused-ring (bicyclic) bond motifs is 1. The van der Waals surface area contributed by atoms with Crippen LogP contribution in [0.4, 0.5) is 11.6 Å². The quantitative estimate of drug-likeness (QED) is 0.376. The molecule has 1 amide bonds. The molecule has 0 saturated carbocycles. The molecule has 3 aromatic rings. The Kier molecular flexibility index (Phi) is 7.82. The minimum atomic E-state index is 0.0732. The summed E-state index contributed by atoms with van der Waals surface area (Å²) in [6.07, 6.45) is 4.65. The number of unbranched alkanes of at least 4 members (excludes halogenated alkanes) is 2. The number of hydrogen-bond donors (Lipinski definition) is 2. The highest BCUT2D eigenvalue weighted by Gasteiger charge is 2.16. The Morgan fingerprint density at radius 1 is 0.935 bits per heavy atom. The number of amides is 1. The van der Waals surface area contributed by atoms with E-state index in [0.29, 0.717) is 23.5 Å². The molecule has 0 unspecified atom stereocenters. The summed E-state index contributed by atoms with van der Waals surface area (Å²) in [5.74, 6) is 0.798. The van der Waals surface area contributed by atoms with Crippen LogP contribution in [0.2, 0.25) is 0 Å². The van der Waals surface area contributed by atoms with E-state index in [1.54, 1.807) is 0 Å². The average molecular weight is 421 g/mol. The molecular formula is C25H32N4O2. The number of carbonyl (C=O) groups is 2. The zero-order valence-electron chi connectivity index (χ0n) is 18.7. The second kappa shape index (κ2) is 10.8. The average Bonchev–Trinajstić information content (AvgIpc) is 3.20. The minimum Gasteiger partial charge on any atom is -0.339 e. The van der Waals surface area contributed by atoms with Crippen molar-refractivity contribution in [1.29, 1.82) is 0 Å². The van der Waals surface area contributed by atoms with Crippen molar-refractivity contribution in [3.8, 4) is 0 Å². The van der Waals surface area contributed by atoms with Gasteiger partial charge in [0.05, 0.1) is 11.0 Å². The lowest BCUT2D eigenvalue weighted by Gasteiger charge is -2.22. The second-order valence-electron chi connectivity index (χ2n) is 7.80. The summed E-state index contributed by atoms with van der Waals surface area (Å²) in [5, 5.41) is 3.23. The smallest absolute Gasteiger partial charge is 0.253 e. The highest BCUT2D eigenvalue weighted by atomic mass is 16.2. The van der Waals surface area contributed by atoms with Gasteiger partial charge in [-0.15, -0.1) is 0 Å². The van der Waals surface area contributed by atoms with E-state index in [-0.39, 0.29) is 11.7 Å². The van der Waals surface area contributed by atoms with E-state index in [1.807, 2.05) is 54.3 Å². The van der Waals surface area contributed by atoms with Crippen molar-refractivity contribution in [1.82, 2.24) is 14.9 Å². The van der Waals surface area contributed by atoms with Gasteiger partial charge >= 0.3 is 0 Å². The fourth-order valence-electron chi connectivity index (χ4n) is 3.48. The van der Waals surface area contributed by atoms with Crippen LogP contribution < -0.4 is 5.32 Å². The molecule has 6 nitrogen and oxygen atoms in total. The lowest BCUT2D eigenvalue weighted by Crippen LogP contribution is -2.32. The molecule has 0 radical (unpaired) electrons. The van der Waals surface area contributed by atoms with Gasteiger partial charge in [-0.25, -0.2) is 4.98 Å².